The van der Waals surface area contributed by atoms with Gasteiger partial charge in [0.25, 0.3) is 11.8 Å². The number of likely N-dealkylation sites (N-methyl/N-ethyl adjacent to an activating group) is 1. The second-order valence-corrected chi connectivity index (χ2v) is 8.09. The van der Waals surface area contributed by atoms with Crippen LogP contribution >= 0.6 is 0 Å². The number of carbonyl (C=O) groups excluding carboxylic acids is 3. The largest absolute Gasteiger partial charge is 0.339 e. The number of imide groups is 1. The first kappa shape index (κ1) is 22.0. The predicted octanol–water partition coefficient (Wildman–Crippen LogP) is 4.68. The Balaban J connectivity index is 1.82. The van der Waals surface area contributed by atoms with E-state index in [2.05, 4.69) is 5.32 Å². The van der Waals surface area contributed by atoms with Crippen molar-refractivity contribution >= 4 is 40.4 Å². The highest BCUT2D eigenvalue weighted by molar-refractivity contribution is 6.46. The zero-order chi connectivity index (χ0) is 23.7. The molecule has 3 aromatic carbocycles. The van der Waals surface area contributed by atoms with Gasteiger partial charge in [0.15, 0.2) is 0 Å². The standard InChI is InChI=1S/C27H25N3O3/c1-17-10-11-20(16-18(17)2)24-25(29(4)22-8-6-5-7-9-22)27(33)30(26(24)32)23-14-12-21(13-15-23)28-19(3)31/h5-16H,1-4H3,(H,28,31). The minimum Gasteiger partial charge on any atom is -0.339 e. The van der Waals surface area contributed by atoms with Crippen LogP contribution in [0.4, 0.5) is 17.1 Å². The zero-order valence-electron chi connectivity index (χ0n) is 19.0. The van der Waals surface area contributed by atoms with Crippen molar-refractivity contribution in [3.8, 4) is 0 Å². The Morgan fingerprint density at radius 2 is 1.52 bits per heavy atom. The first-order valence-electron chi connectivity index (χ1n) is 10.6. The predicted molar refractivity (Wildman–Crippen MR) is 131 cm³/mol. The number of nitrogens with one attached hydrogen (secondary N) is 1. The van der Waals surface area contributed by atoms with E-state index in [9.17, 15) is 14.4 Å². The smallest absolute Gasteiger partial charge is 0.282 e. The van der Waals surface area contributed by atoms with Crippen molar-refractivity contribution in [3.63, 3.8) is 0 Å². The van der Waals surface area contributed by atoms with E-state index in [1.165, 1.54) is 11.8 Å². The molecule has 3 amide bonds. The summed E-state index contributed by atoms with van der Waals surface area (Å²) in [7, 11) is 1.79. The van der Waals surface area contributed by atoms with Gasteiger partial charge in [0, 0.05) is 25.3 Å². The zero-order valence-corrected chi connectivity index (χ0v) is 19.0. The summed E-state index contributed by atoms with van der Waals surface area (Å²) in [4.78, 5) is 41.6. The Morgan fingerprint density at radius 3 is 2.12 bits per heavy atom. The Labute approximate surface area is 193 Å². The number of nitrogens with zero attached hydrogens (tertiary/aromatic N) is 2. The number of rotatable bonds is 5. The number of hydrogen-bond donors (Lipinski definition) is 1. The van der Waals surface area contributed by atoms with E-state index in [1.807, 2.05) is 62.4 Å². The Hall–Kier alpha value is -4.19. The third-order valence-electron chi connectivity index (χ3n) is 5.78. The second kappa shape index (κ2) is 8.74. The first-order valence-corrected chi connectivity index (χ1v) is 10.6. The lowest BCUT2D eigenvalue weighted by Gasteiger charge is -2.21. The van der Waals surface area contributed by atoms with Crippen molar-refractivity contribution in [1.82, 2.24) is 0 Å². The average molecular weight is 440 g/mol. The molecule has 0 spiro atoms. The average Bonchev–Trinajstić information content (AvgIpc) is 3.06. The summed E-state index contributed by atoms with van der Waals surface area (Å²) in [6.07, 6.45) is 0. The van der Waals surface area contributed by atoms with Gasteiger partial charge >= 0.3 is 0 Å². The number of amides is 3. The minimum atomic E-state index is -0.396. The molecule has 0 saturated heterocycles. The molecule has 6 nitrogen and oxygen atoms in total. The lowest BCUT2D eigenvalue weighted by molar-refractivity contribution is -0.120. The molecule has 1 N–H and O–H groups in total. The van der Waals surface area contributed by atoms with E-state index in [0.29, 0.717) is 28.2 Å². The van der Waals surface area contributed by atoms with Crippen molar-refractivity contribution in [2.45, 2.75) is 20.8 Å². The molecule has 0 fully saturated rings. The lowest BCUT2D eigenvalue weighted by Crippen LogP contribution is -2.34. The van der Waals surface area contributed by atoms with Gasteiger partial charge in [-0.05, 0) is 66.9 Å². The van der Waals surface area contributed by atoms with Crippen molar-refractivity contribution in [2.24, 2.45) is 0 Å². The summed E-state index contributed by atoms with van der Waals surface area (Å²) in [6.45, 7) is 5.42. The maximum absolute atomic E-state index is 13.7. The molecule has 1 aliphatic rings. The van der Waals surface area contributed by atoms with Crippen molar-refractivity contribution in [3.05, 3.63) is 95.2 Å². The maximum atomic E-state index is 13.7. The van der Waals surface area contributed by atoms with E-state index in [0.717, 1.165) is 16.8 Å². The van der Waals surface area contributed by atoms with Gasteiger partial charge in [0.05, 0.1) is 11.3 Å². The highest BCUT2D eigenvalue weighted by Crippen LogP contribution is 2.36. The fraction of sp³-hybridized carbons (Fsp3) is 0.148. The van der Waals surface area contributed by atoms with Gasteiger partial charge in [-0.15, -0.1) is 0 Å². The third kappa shape index (κ3) is 4.15. The summed E-state index contributed by atoms with van der Waals surface area (Å²) >= 11 is 0. The molecule has 0 radical (unpaired) electrons. The van der Waals surface area contributed by atoms with E-state index >= 15 is 0 Å². The molecule has 0 aliphatic carbocycles. The van der Waals surface area contributed by atoms with Crippen molar-refractivity contribution < 1.29 is 14.4 Å². The van der Waals surface area contributed by atoms with Crippen LogP contribution in [0.3, 0.4) is 0 Å². The number of benzene rings is 3. The molecule has 166 valence electrons. The molecule has 3 aromatic rings. The lowest BCUT2D eigenvalue weighted by atomic mass is 9.99. The van der Waals surface area contributed by atoms with Crippen LogP contribution < -0.4 is 15.1 Å². The molecule has 1 aliphatic heterocycles. The first-order chi connectivity index (χ1) is 15.8. The molecule has 0 aromatic heterocycles. The van der Waals surface area contributed by atoms with Gasteiger partial charge < -0.3 is 10.2 Å². The van der Waals surface area contributed by atoms with Crippen molar-refractivity contribution in [1.29, 1.82) is 0 Å². The van der Waals surface area contributed by atoms with Crippen LogP contribution in [0.25, 0.3) is 5.57 Å². The van der Waals surface area contributed by atoms with Gasteiger partial charge in [0.2, 0.25) is 5.91 Å². The monoisotopic (exact) mass is 439 g/mol. The van der Waals surface area contributed by atoms with Crippen LogP contribution in [0.2, 0.25) is 0 Å². The topological polar surface area (TPSA) is 69.7 Å². The molecule has 0 atom stereocenters. The van der Waals surface area contributed by atoms with Crippen molar-refractivity contribution in [2.75, 3.05) is 22.2 Å². The summed E-state index contributed by atoms with van der Waals surface area (Å²) in [6, 6.07) is 21.9. The number of anilines is 3. The molecule has 33 heavy (non-hydrogen) atoms. The fourth-order valence-corrected chi connectivity index (χ4v) is 3.90. The summed E-state index contributed by atoms with van der Waals surface area (Å²) in [5.41, 5.74) is 5.37. The van der Waals surface area contributed by atoms with Gasteiger partial charge in [-0.2, -0.15) is 0 Å². The molecule has 1 heterocycles. The van der Waals surface area contributed by atoms with Crippen LogP contribution in [0.5, 0.6) is 0 Å². The van der Waals surface area contributed by atoms with Crippen LogP contribution in [0.1, 0.15) is 23.6 Å². The molecule has 6 heteroatoms. The SMILES string of the molecule is CC(=O)Nc1ccc(N2C(=O)C(c3ccc(C)c(C)c3)=C(N(C)c3ccccc3)C2=O)cc1. The van der Waals surface area contributed by atoms with Crippen LogP contribution in [-0.4, -0.2) is 24.8 Å². The maximum Gasteiger partial charge on any atom is 0.282 e. The fourth-order valence-electron chi connectivity index (χ4n) is 3.90. The van der Waals surface area contributed by atoms with Crippen LogP contribution in [-0.2, 0) is 14.4 Å². The molecular formula is C27H25N3O3. The van der Waals surface area contributed by atoms with Crippen LogP contribution in [0, 0.1) is 13.8 Å². The van der Waals surface area contributed by atoms with Gasteiger partial charge in [-0.25, -0.2) is 4.90 Å². The number of hydrogen-bond acceptors (Lipinski definition) is 4. The van der Waals surface area contributed by atoms with E-state index in [1.54, 1.807) is 36.2 Å². The Morgan fingerprint density at radius 1 is 0.848 bits per heavy atom. The number of aryl methyl sites for hydroxylation is 2. The van der Waals surface area contributed by atoms with Gasteiger partial charge in [-0.3, -0.25) is 14.4 Å². The molecule has 0 saturated carbocycles. The molecular weight excluding hydrogens is 414 g/mol. The Bertz CT molecular complexity index is 1280. The second-order valence-electron chi connectivity index (χ2n) is 8.09. The third-order valence-corrected chi connectivity index (χ3v) is 5.78. The van der Waals surface area contributed by atoms with E-state index in [-0.39, 0.29) is 11.8 Å². The highest BCUT2D eigenvalue weighted by Gasteiger charge is 2.42. The molecule has 0 unspecified atom stereocenters. The molecule has 4 rings (SSSR count). The summed E-state index contributed by atoms with van der Waals surface area (Å²) < 4.78 is 0. The number of carbonyl (C=O) groups is 3. The van der Waals surface area contributed by atoms with Crippen LogP contribution in [0.15, 0.2) is 78.5 Å². The van der Waals surface area contributed by atoms with Gasteiger partial charge in [0.1, 0.15) is 5.70 Å². The minimum absolute atomic E-state index is 0.193. The van der Waals surface area contributed by atoms with Gasteiger partial charge in [-0.1, -0.05) is 36.4 Å². The molecule has 0 bridgehead atoms. The number of para-hydroxylation sites is 1. The normalized spacial score (nSPS) is 13.5. The summed E-state index contributed by atoms with van der Waals surface area (Å²) in [5, 5.41) is 2.69. The van der Waals surface area contributed by atoms with E-state index in [4.69, 9.17) is 0 Å². The summed E-state index contributed by atoms with van der Waals surface area (Å²) in [5.74, 6) is -0.971. The van der Waals surface area contributed by atoms with E-state index < -0.39 is 5.91 Å². The highest BCUT2D eigenvalue weighted by atomic mass is 16.2. The Kier molecular flexibility index (Phi) is 5.84. The quantitative estimate of drug-likeness (QED) is 0.586.